The van der Waals surface area contributed by atoms with Crippen LogP contribution in [0.2, 0.25) is 0 Å². The summed E-state index contributed by atoms with van der Waals surface area (Å²) < 4.78 is 5.24. The van der Waals surface area contributed by atoms with Gasteiger partial charge >= 0.3 is 0 Å². The number of likely N-dealkylation sites (N-methyl/N-ethyl adjacent to an activating group) is 1. The van der Waals surface area contributed by atoms with Crippen LogP contribution < -0.4 is 5.32 Å². The van der Waals surface area contributed by atoms with Crippen molar-refractivity contribution in [2.24, 2.45) is 0 Å². The molecule has 0 aromatic heterocycles. The predicted molar refractivity (Wildman–Crippen MR) is 75.6 cm³/mol. The van der Waals surface area contributed by atoms with E-state index in [1.807, 2.05) is 0 Å². The molecular formula is C14H32N2O. The first kappa shape index (κ1) is 16.9. The number of ether oxygens (including phenoxy) is 1. The van der Waals surface area contributed by atoms with E-state index in [2.05, 4.69) is 44.8 Å². The standard InChI is InChI=1S/C14H32N2O/c1-7-14(8-2)15-10-12(4)16(9-3)13(5)11-17-6/h12-15H,7-11H2,1-6H3. The number of nitrogens with one attached hydrogen (secondary N) is 1. The maximum atomic E-state index is 5.24. The van der Waals surface area contributed by atoms with Gasteiger partial charge in [-0.2, -0.15) is 0 Å². The molecule has 0 aliphatic heterocycles. The molecule has 0 bridgehead atoms. The van der Waals surface area contributed by atoms with E-state index in [4.69, 9.17) is 4.74 Å². The average Bonchev–Trinajstić information content (AvgIpc) is 2.31. The van der Waals surface area contributed by atoms with Crippen molar-refractivity contribution in [1.82, 2.24) is 10.2 Å². The Bertz CT molecular complexity index is 172. The first-order valence-corrected chi connectivity index (χ1v) is 7.08. The van der Waals surface area contributed by atoms with Crippen LogP contribution in [0.3, 0.4) is 0 Å². The lowest BCUT2D eigenvalue weighted by Gasteiger charge is -2.34. The topological polar surface area (TPSA) is 24.5 Å². The quantitative estimate of drug-likeness (QED) is 0.639. The van der Waals surface area contributed by atoms with Crippen molar-refractivity contribution >= 4 is 0 Å². The van der Waals surface area contributed by atoms with Crippen molar-refractivity contribution in [3.05, 3.63) is 0 Å². The summed E-state index contributed by atoms with van der Waals surface area (Å²) in [5.74, 6) is 0. The van der Waals surface area contributed by atoms with Crippen LogP contribution in [0.4, 0.5) is 0 Å². The maximum Gasteiger partial charge on any atom is 0.0615 e. The Morgan fingerprint density at radius 1 is 1.06 bits per heavy atom. The van der Waals surface area contributed by atoms with E-state index in [-0.39, 0.29) is 0 Å². The van der Waals surface area contributed by atoms with Gasteiger partial charge in [-0.05, 0) is 33.2 Å². The minimum atomic E-state index is 0.489. The zero-order valence-corrected chi connectivity index (χ0v) is 12.6. The highest BCUT2D eigenvalue weighted by atomic mass is 16.5. The minimum absolute atomic E-state index is 0.489. The fourth-order valence-electron chi connectivity index (χ4n) is 2.43. The van der Waals surface area contributed by atoms with E-state index >= 15 is 0 Å². The summed E-state index contributed by atoms with van der Waals surface area (Å²) in [4.78, 5) is 2.50. The van der Waals surface area contributed by atoms with Gasteiger partial charge in [0, 0.05) is 31.8 Å². The Morgan fingerprint density at radius 3 is 2.06 bits per heavy atom. The Kier molecular flexibility index (Phi) is 9.79. The molecule has 0 saturated heterocycles. The lowest BCUT2D eigenvalue weighted by Crippen LogP contribution is -2.48. The van der Waals surface area contributed by atoms with E-state index in [1.165, 1.54) is 12.8 Å². The van der Waals surface area contributed by atoms with Crippen LogP contribution in [0.15, 0.2) is 0 Å². The first-order chi connectivity index (χ1) is 8.10. The number of methoxy groups -OCH3 is 1. The second-order valence-electron chi connectivity index (χ2n) is 4.91. The van der Waals surface area contributed by atoms with Gasteiger partial charge in [0.2, 0.25) is 0 Å². The molecule has 0 spiro atoms. The van der Waals surface area contributed by atoms with Crippen LogP contribution in [0.1, 0.15) is 47.5 Å². The molecule has 0 aliphatic rings. The summed E-state index contributed by atoms with van der Waals surface area (Å²) in [7, 11) is 1.78. The fourth-order valence-corrected chi connectivity index (χ4v) is 2.43. The van der Waals surface area contributed by atoms with E-state index < -0.39 is 0 Å². The van der Waals surface area contributed by atoms with Crippen molar-refractivity contribution in [2.45, 2.75) is 65.6 Å². The molecule has 0 aliphatic carbocycles. The molecule has 1 N–H and O–H groups in total. The molecule has 3 nitrogen and oxygen atoms in total. The van der Waals surface area contributed by atoms with Crippen molar-refractivity contribution in [1.29, 1.82) is 0 Å². The molecule has 0 radical (unpaired) electrons. The third-order valence-corrected chi connectivity index (χ3v) is 3.59. The Labute approximate surface area is 108 Å². The molecule has 17 heavy (non-hydrogen) atoms. The van der Waals surface area contributed by atoms with Crippen LogP contribution in [0.25, 0.3) is 0 Å². The van der Waals surface area contributed by atoms with Gasteiger partial charge in [0.15, 0.2) is 0 Å². The number of hydrogen-bond acceptors (Lipinski definition) is 3. The Hall–Kier alpha value is -0.120. The van der Waals surface area contributed by atoms with Gasteiger partial charge in [0.1, 0.15) is 0 Å². The highest BCUT2D eigenvalue weighted by Gasteiger charge is 2.18. The van der Waals surface area contributed by atoms with E-state index in [0.717, 1.165) is 19.7 Å². The third-order valence-electron chi connectivity index (χ3n) is 3.59. The van der Waals surface area contributed by atoms with E-state index in [9.17, 15) is 0 Å². The minimum Gasteiger partial charge on any atom is -0.383 e. The monoisotopic (exact) mass is 244 g/mol. The molecule has 3 heteroatoms. The van der Waals surface area contributed by atoms with Crippen molar-refractivity contribution in [3.63, 3.8) is 0 Å². The lowest BCUT2D eigenvalue weighted by molar-refractivity contribution is 0.0770. The Balaban J connectivity index is 4.10. The molecule has 0 fully saturated rings. The molecule has 2 atom stereocenters. The summed E-state index contributed by atoms with van der Waals surface area (Å²) in [5.41, 5.74) is 0. The highest BCUT2D eigenvalue weighted by Crippen LogP contribution is 2.06. The van der Waals surface area contributed by atoms with E-state index in [1.54, 1.807) is 7.11 Å². The van der Waals surface area contributed by atoms with Gasteiger partial charge in [-0.3, -0.25) is 4.90 Å². The van der Waals surface area contributed by atoms with Crippen LogP contribution >= 0.6 is 0 Å². The van der Waals surface area contributed by atoms with Crippen LogP contribution in [-0.2, 0) is 4.74 Å². The largest absolute Gasteiger partial charge is 0.383 e. The third kappa shape index (κ3) is 6.39. The zero-order chi connectivity index (χ0) is 13.3. The van der Waals surface area contributed by atoms with Gasteiger partial charge in [-0.1, -0.05) is 20.8 Å². The fraction of sp³-hybridized carbons (Fsp3) is 1.00. The van der Waals surface area contributed by atoms with Crippen molar-refractivity contribution in [2.75, 3.05) is 26.8 Å². The first-order valence-electron chi connectivity index (χ1n) is 7.08. The maximum absolute atomic E-state index is 5.24. The SMILES string of the molecule is CCC(CC)NCC(C)N(CC)C(C)COC. The lowest BCUT2D eigenvalue weighted by atomic mass is 10.1. The molecule has 0 amide bonds. The normalized spacial score (nSPS) is 15.5. The summed E-state index contributed by atoms with van der Waals surface area (Å²) in [5, 5.41) is 3.65. The van der Waals surface area contributed by atoms with Gasteiger partial charge in [-0.15, -0.1) is 0 Å². The molecule has 2 unspecified atom stereocenters. The van der Waals surface area contributed by atoms with Gasteiger partial charge in [0.25, 0.3) is 0 Å². The predicted octanol–water partition coefficient (Wildman–Crippen LogP) is 2.51. The average molecular weight is 244 g/mol. The smallest absolute Gasteiger partial charge is 0.0615 e. The van der Waals surface area contributed by atoms with Gasteiger partial charge < -0.3 is 10.1 Å². The second-order valence-corrected chi connectivity index (χ2v) is 4.91. The molecular weight excluding hydrogens is 212 g/mol. The molecule has 0 aromatic rings. The van der Waals surface area contributed by atoms with Crippen molar-refractivity contribution < 1.29 is 4.74 Å². The number of nitrogens with zero attached hydrogens (tertiary/aromatic N) is 1. The summed E-state index contributed by atoms with van der Waals surface area (Å²) in [6.45, 7) is 14.2. The van der Waals surface area contributed by atoms with Crippen LogP contribution in [0.5, 0.6) is 0 Å². The molecule has 104 valence electrons. The second kappa shape index (κ2) is 9.86. The molecule has 0 heterocycles. The summed E-state index contributed by atoms with van der Waals surface area (Å²) >= 11 is 0. The molecule has 0 aromatic carbocycles. The van der Waals surface area contributed by atoms with Crippen LogP contribution in [-0.4, -0.2) is 49.8 Å². The van der Waals surface area contributed by atoms with Crippen molar-refractivity contribution in [3.8, 4) is 0 Å². The zero-order valence-electron chi connectivity index (χ0n) is 12.6. The van der Waals surface area contributed by atoms with Gasteiger partial charge in [-0.25, -0.2) is 0 Å². The van der Waals surface area contributed by atoms with Gasteiger partial charge in [0.05, 0.1) is 6.61 Å². The van der Waals surface area contributed by atoms with Crippen LogP contribution in [0, 0.1) is 0 Å². The molecule has 0 saturated carbocycles. The highest BCUT2D eigenvalue weighted by molar-refractivity contribution is 4.76. The molecule has 0 rings (SSSR count). The summed E-state index contributed by atoms with van der Waals surface area (Å²) in [6, 6.07) is 1.71. The summed E-state index contributed by atoms with van der Waals surface area (Å²) in [6.07, 6.45) is 2.42. The number of rotatable bonds is 10. The Morgan fingerprint density at radius 2 is 1.65 bits per heavy atom. The van der Waals surface area contributed by atoms with E-state index in [0.29, 0.717) is 18.1 Å². The number of hydrogen-bond donors (Lipinski definition) is 1.